The van der Waals surface area contributed by atoms with Gasteiger partial charge in [-0.25, -0.2) is 14.6 Å². The molecule has 1 aromatic heterocycles. The second-order valence-corrected chi connectivity index (χ2v) is 11.5. The van der Waals surface area contributed by atoms with Crippen molar-refractivity contribution in [3.05, 3.63) is 72.2 Å². The highest BCUT2D eigenvalue weighted by Gasteiger charge is 2.43. The fourth-order valence-corrected chi connectivity index (χ4v) is 6.45. The lowest BCUT2D eigenvalue weighted by Gasteiger charge is -2.41. The SMILES string of the molecule is COC[C@]1(O)CCCC[C@H]1n1cnc(C(=O)N2CCN(C(=O)O)C[C@H]2CCOc2ccc(C(=O)OC)cc2)c1-c1ccccc1. The topological polar surface area (TPSA) is 144 Å². The Morgan fingerprint density at radius 2 is 1.78 bits per heavy atom. The summed E-state index contributed by atoms with van der Waals surface area (Å²) < 4.78 is 18.0. The van der Waals surface area contributed by atoms with Gasteiger partial charge in [0.05, 0.1) is 50.0 Å². The molecule has 0 bridgehead atoms. The molecular weight excluding hydrogens is 580 g/mol. The molecule has 1 aliphatic carbocycles. The van der Waals surface area contributed by atoms with E-state index < -0.39 is 23.7 Å². The number of aromatic nitrogens is 2. The molecule has 2 aliphatic rings. The van der Waals surface area contributed by atoms with E-state index in [1.54, 1.807) is 42.6 Å². The van der Waals surface area contributed by atoms with Gasteiger partial charge in [0.25, 0.3) is 5.91 Å². The molecule has 2 amide bonds. The molecule has 0 spiro atoms. The number of imidazole rings is 1. The first kappa shape index (κ1) is 32.0. The van der Waals surface area contributed by atoms with Crippen LogP contribution in [0.5, 0.6) is 5.75 Å². The summed E-state index contributed by atoms with van der Waals surface area (Å²) in [7, 11) is 2.89. The maximum atomic E-state index is 14.3. The van der Waals surface area contributed by atoms with Crippen molar-refractivity contribution in [1.82, 2.24) is 19.4 Å². The fourth-order valence-electron chi connectivity index (χ4n) is 6.45. The standard InChI is InChI=1S/C33H40N4O8/c1-43-21-33(42)16-7-6-10-27(33)37-22-34-28(29(37)23-8-4-3-5-9-23)30(38)36-18-17-35(32(40)41)20-25(36)15-19-45-26-13-11-24(12-14-26)31(39)44-2/h3-5,8-9,11-14,22,25,27,42H,6-7,10,15-21H2,1-2H3,(H,40,41)/t25-,27-,33-/m1/s1. The number of piperazine rings is 1. The molecule has 2 fully saturated rings. The van der Waals surface area contributed by atoms with Crippen LogP contribution in [0.25, 0.3) is 11.3 Å². The summed E-state index contributed by atoms with van der Waals surface area (Å²) in [6.07, 6.45) is 4.05. The van der Waals surface area contributed by atoms with Crippen LogP contribution in [0, 0.1) is 0 Å². The number of benzene rings is 2. The minimum absolute atomic E-state index is 0.128. The minimum Gasteiger partial charge on any atom is -0.494 e. The fraction of sp³-hybridized carbons (Fsp3) is 0.455. The van der Waals surface area contributed by atoms with Crippen molar-refractivity contribution in [2.75, 3.05) is 47.1 Å². The summed E-state index contributed by atoms with van der Waals surface area (Å²) in [6, 6.07) is 15.2. The zero-order chi connectivity index (χ0) is 32.0. The number of aliphatic hydroxyl groups is 1. The van der Waals surface area contributed by atoms with Crippen molar-refractivity contribution >= 4 is 18.0 Å². The molecule has 0 unspecified atom stereocenters. The predicted octanol–water partition coefficient (Wildman–Crippen LogP) is 4.10. The maximum absolute atomic E-state index is 14.3. The van der Waals surface area contributed by atoms with E-state index in [-0.39, 0.29) is 50.5 Å². The Kier molecular flexibility index (Phi) is 10.0. The molecule has 1 saturated heterocycles. The zero-order valence-electron chi connectivity index (χ0n) is 25.6. The molecule has 5 rings (SSSR count). The van der Waals surface area contributed by atoms with Crippen LogP contribution in [-0.4, -0.2) is 106 Å². The van der Waals surface area contributed by atoms with E-state index >= 15 is 0 Å². The van der Waals surface area contributed by atoms with Crippen molar-refractivity contribution in [3.63, 3.8) is 0 Å². The lowest BCUT2D eigenvalue weighted by Crippen LogP contribution is -2.56. The van der Waals surface area contributed by atoms with Crippen LogP contribution in [0.15, 0.2) is 60.9 Å². The molecular formula is C33H40N4O8. The number of hydrogen-bond acceptors (Lipinski definition) is 8. The number of carbonyl (C=O) groups is 3. The molecule has 12 nitrogen and oxygen atoms in total. The van der Waals surface area contributed by atoms with Crippen LogP contribution in [0.1, 0.15) is 59.0 Å². The summed E-state index contributed by atoms with van der Waals surface area (Å²) in [5.41, 5.74) is 0.944. The molecule has 45 heavy (non-hydrogen) atoms. The molecule has 3 atom stereocenters. The predicted molar refractivity (Wildman–Crippen MR) is 164 cm³/mol. The van der Waals surface area contributed by atoms with Gasteiger partial charge in [0.1, 0.15) is 11.4 Å². The number of rotatable bonds is 10. The number of amides is 2. The summed E-state index contributed by atoms with van der Waals surface area (Å²) in [4.78, 5) is 45.6. The van der Waals surface area contributed by atoms with Gasteiger partial charge < -0.3 is 38.8 Å². The summed E-state index contributed by atoms with van der Waals surface area (Å²) in [5, 5.41) is 21.4. The lowest BCUT2D eigenvalue weighted by molar-refractivity contribution is -0.0893. The van der Waals surface area contributed by atoms with Crippen molar-refractivity contribution < 1.29 is 38.8 Å². The van der Waals surface area contributed by atoms with Gasteiger partial charge in [0.15, 0.2) is 5.69 Å². The summed E-state index contributed by atoms with van der Waals surface area (Å²) in [6.45, 7) is 0.875. The van der Waals surface area contributed by atoms with Crippen LogP contribution in [0.2, 0.25) is 0 Å². The third-order valence-corrected chi connectivity index (χ3v) is 8.74. The average Bonchev–Trinajstić information content (AvgIpc) is 3.49. The van der Waals surface area contributed by atoms with Gasteiger partial charge in [0.2, 0.25) is 0 Å². The molecule has 12 heteroatoms. The molecule has 2 aromatic carbocycles. The van der Waals surface area contributed by atoms with Gasteiger partial charge in [-0.1, -0.05) is 43.2 Å². The number of carboxylic acid groups (broad SMARTS) is 1. The van der Waals surface area contributed by atoms with E-state index in [1.165, 1.54) is 12.0 Å². The summed E-state index contributed by atoms with van der Waals surface area (Å²) in [5.74, 6) is -0.223. The molecule has 0 radical (unpaired) electrons. The molecule has 240 valence electrons. The van der Waals surface area contributed by atoms with Crippen molar-refractivity contribution in [3.8, 4) is 17.0 Å². The zero-order valence-corrected chi connectivity index (χ0v) is 25.6. The Bertz CT molecular complexity index is 1470. The average molecular weight is 621 g/mol. The van der Waals surface area contributed by atoms with Crippen molar-refractivity contribution in [1.29, 1.82) is 0 Å². The van der Waals surface area contributed by atoms with Crippen LogP contribution in [-0.2, 0) is 9.47 Å². The first-order valence-electron chi connectivity index (χ1n) is 15.2. The maximum Gasteiger partial charge on any atom is 0.407 e. The monoisotopic (exact) mass is 620 g/mol. The first-order valence-corrected chi connectivity index (χ1v) is 15.2. The van der Waals surface area contributed by atoms with Crippen LogP contribution in [0.3, 0.4) is 0 Å². The third kappa shape index (κ3) is 6.97. The highest BCUT2D eigenvalue weighted by molar-refractivity contribution is 5.98. The highest BCUT2D eigenvalue weighted by atomic mass is 16.5. The van der Waals surface area contributed by atoms with E-state index in [1.807, 2.05) is 34.9 Å². The van der Waals surface area contributed by atoms with Gasteiger partial charge >= 0.3 is 12.1 Å². The van der Waals surface area contributed by atoms with E-state index in [0.717, 1.165) is 18.4 Å². The molecule has 2 heterocycles. The normalized spacial score (nSPS) is 21.8. The van der Waals surface area contributed by atoms with Gasteiger partial charge in [-0.05, 0) is 37.1 Å². The minimum atomic E-state index is -1.11. The van der Waals surface area contributed by atoms with E-state index in [9.17, 15) is 24.6 Å². The van der Waals surface area contributed by atoms with Crippen molar-refractivity contribution in [2.45, 2.75) is 49.8 Å². The Morgan fingerprint density at radius 1 is 1.02 bits per heavy atom. The quantitative estimate of drug-likeness (QED) is 0.320. The van der Waals surface area contributed by atoms with E-state index in [0.29, 0.717) is 36.3 Å². The van der Waals surface area contributed by atoms with Gasteiger partial charge in [-0.2, -0.15) is 0 Å². The number of carbonyl (C=O) groups excluding carboxylic acids is 2. The summed E-state index contributed by atoms with van der Waals surface area (Å²) >= 11 is 0. The third-order valence-electron chi connectivity index (χ3n) is 8.74. The van der Waals surface area contributed by atoms with Gasteiger partial charge in [-0.3, -0.25) is 4.79 Å². The number of esters is 1. The largest absolute Gasteiger partial charge is 0.494 e. The van der Waals surface area contributed by atoms with Crippen LogP contribution in [0.4, 0.5) is 4.79 Å². The second kappa shape index (κ2) is 14.1. The van der Waals surface area contributed by atoms with Crippen LogP contribution < -0.4 is 4.74 Å². The lowest BCUT2D eigenvalue weighted by atomic mass is 9.80. The Balaban J connectivity index is 1.42. The van der Waals surface area contributed by atoms with Crippen molar-refractivity contribution in [2.24, 2.45) is 0 Å². The first-order chi connectivity index (χ1) is 21.8. The Morgan fingerprint density at radius 3 is 2.47 bits per heavy atom. The van der Waals surface area contributed by atoms with Gasteiger partial charge in [-0.15, -0.1) is 0 Å². The number of hydrogen-bond donors (Lipinski definition) is 2. The Labute approximate surface area is 262 Å². The van der Waals surface area contributed by atoms with E-state index in [4.69, 9.17) is 14.2 Å². The smallest absolute Gasteiger partial charge is 0.407 e. The molecule has 1 aliphatic heterocycles. The Hall–Kier alpha value is -4.42. The highest BCUT2D eigenvalue weighted by Crippen LogP contribution is 2.41. The number of methoxy groups -OCH3 is 2. The van der Waals surface area contributed by atoms with Crippen LogP contribution >= 0.6 is 0 Å². The second-order valence-electron chi connectivity index (χ2n) is 11.5. The number of ether oxygens (including phenoxy) is 3. The molecule has 3 aromatic rings. The van der Waals surface area contributed by atoms with Gasteiger partial charge in [0, 0.05) is 38.7 Å². The number of nitrogens with zero attached hydrogens (tertiary/aromatic N) is 4. The van der Waals surface area contributed by atoms with E-state index in [2.05, 4.69) is 4.98 Å². The molecule has 2 N–H and O–H groups in total. The molecule has 1 saturated carbocycles.